The minimum Gasteiger partial charge on any atom is -0.489 e. The third-order valence-corrected chi connectivity index (χ3v) is 5.05. The molecule has 190 valence electrons. The van der Waals surface area contributed by atoms with Crippen LogP contribution in [0, 0.1) is 0 Å². The first-order valence-electron chi connectivity index (χ1n) is 10.6. The van der Waals surface area contributed by atoms with Gasteiger partial charge in [0.1, 0.15) is 46.7 Å². The molecule has 2 aromatic carbocycles. The molecule has 13 heteroatoms. The molecule has 0 spiro atoms. The van der Waals surface area contributed by atoms with Crippen molar-refractivity contribution in [1.82, 2.24) is 0 Å². The first kappa shape index (κ1) is 24.8. The number of amides is 3. The quantitative estimate of drug-likeness (QED) is 0.291. The van der Waals surface area contributed by atoms with Gasteiger partial charge in [-0.3, -0.25) is 19.2 Å². The Kier molecular flexibility index (Phi) is 6.77. The number of carbonyl (C=O) groups excluding carboxylic acids is 3. The largest absolute Gasteiger partial charge is 0.489 e. The van der Waals surface area contributed by atoms with Crippen LogP contribution >= 0.6 is 0 Å². The topological polar surface area (TPSA) is 217 Å². The van der Waals surface area contributed by atoms with Gasteiger partial charge in [-0.1, -0.05) is 12.1 Å². The maximum atomic E-state index is 12.5. The molecule has 37 heavy (non-hydrogen) atoms. The van der Waals surface area contributed by atoms with E-state index < -0.39 is 34.9 Å². The third-order valence-electron chi connectivity index (χ3n) is 5.05. The van der Waals surface area contributed by atoms with Crippen LogP contribution in [-0.2, 0) is 4.74 Å². The van der Waals surface area contributed by atoms with Crippen LogP contribution < -0.4 is 37.5 Å². The fourth-order valence-electron chi connectivity index (χ4n) is 3.49. The normalized spacial score (nSPS) is 10.9. The Balaban J connectivity index is 1.57. The highest BCUT2D eigenvalue weighted by molar-refractivity contribution is 5.93. The number of carbonyl (C=O) groups is 3. The van der Waals surface area contributed by atoms with E-state index in [2.05, 4.69) is 0 Å². The van der Waals surface area contributed by atoms with E-state index in [0.717, 1.165) is 12.1 Å². The zero-order chi connectivity index (χ0) is 26.7. The summed E-state index contributed by atoms with van der Waals surface area (Å²) in [5, 5.41) is 0.0614. The van der Waals surface area contributed by atoms with E-state index in [1.54, 1.807) is 0 Å². The van der Waals surface area contributed by atoms with Gasteiger partial charge in [-0.25, -0.2) is 4.79 Å². The van der Waals surface area contributed by atoms with Crippen molar-refractivity contribution in [3.8, 4) is 11.5 Å². The minimum absolute atomic E-state index is 0.0307. The molecule has 0 unspecified atom stereocenters. The fraction of sp³-hybridized carbons (Fsp3) is 0.125. The van der Waals surface area contributed by atoms with E-state index in [0.29, 0.717) is 0 Å². The molecule has 0 aliphatic rings. The summed E-state index contributed by atoms with van der Waals surface area (Å²) in [6, 6.07) is 10.7. The van der Waals surface area contributed by atoms with Crippen molar-refractivity contribution >= 4 is 39.8 Å². The van der Waals surface area contributed by atoms with Crippen LogP contribution in [0.3, 0.4) is 0 Å². The van der Waals surface area contributed by atoms with Crippen LogP contribution in [0.25, 0.3) is 21.9 Å². The highest BCUT2D eigenvalue weighted by Gasteiger charge is 2.20. The first-order valence-corrected chi connectivity index (χ1v) is 10.6. The predicted molar refractivity (Wildman–Crippen MR) is 127 cm³/mol. The number of primary amides is 3. The molecule has 0 bridgehead atoms. The Morgan fingerprint density at radius 2 is 1.16 bits per heavy atom. The standard InChI is InChI=1S/C24H19N3O10/c25-22(30)18-7-12(28)20-14(3-1-5-16(20)36-18)33-9-11(35-24(27)32)10-34-15-4-2-6-17-21(15)13(29)8-19(37-17)23(26)31/h1-8,11H,9-10H2,(H2,25,30)(H2,26,31)(H2,27,32). The number of ether oxygens (including phenoxy) is 3. The van der Waals surface area contributed by atoms with Crippen molar-refractivity contribution in [3.05, 3.63) is 80.5 Å². The number of nitrogens with two attached hydrogens (primary N) is 3. The maximum Gasteiger partial charge on any atom is 0.405 e. The van der Waals surface area contributed by atoms with Crippen LogP contribution in [0.15, 0.2) is 67.0 Å². The van der Waals surface area contributed by atoms with Gasteiger partial charge in [0.05, 0.1) is 0 Å². The fourth-order valence-corrected chi connectivity index (χ4v) is 3.49. The Morgan fingerprint density at radius 3 is 1.54 bits per heavy atom. The van der Waals surface area contributed by atoms with Crippen LogP contribution in [0.2, 0.25) is 0 Å². The van der Waals surface area contributed by atoms with Gasteiger partial charge in [0.2, 0.25) is 0 Å². The molecule has 13 nitrogen and oxygen atoms in total. The summed E-state index contributed by atoms with van der Waals surface area (Å²) in [5.74, 6) is -2.31. The van der Waals surface area contributed by atoms with E-state index >= 15 is 0 Å². The second-order valence-electron chi connectivity index (χ2n) is 7.62. The number of benzene rings is 2. The van der Waals surface area contributed by atoms with Crippen LogP contribution in [0.5, 0.6) is 11.5 Å². The first-order chi connectivity index (χ1) is 17.6. The molecule has 6 N–H and O–H groups in total. The summed E-state index contributed by atoms with van der Waals surface area (Å²) in [5.41, 5.74) is 14.5. The SMILES string of the molecule is NC(=O)OC(COc1cccc2oc(C(N)=O)cc(=O)c12)COc1cccc2oc(C(N)=O)cc(=O)c12. The lowest BCUT2D eigenvalue weighted by Gasteiger charge is -2.19. The molecule has 0 fully saturated rings. The summed E-state index contributed by atoms with van der Waals surface area (Å²) >= 11 is 0. The van der Waals surface area contributed by atoms with Crippen LogP contribution in [0.4, 0.5) is 4.79 Å². The van der Waals surface area contributed by atoms with E-state index in [1.807, 2.05) is 0 Å². The van der Waals surface area contributed by atoms with E-state index in [1.165, 1.54) is 36.4 Å². The van der Waals surface area contributed by atoms with Gasteiger partial charge < -0.3 is 40.2 Å². The number of rotatable bonds is 9. The van der Waals surface area contributed by atoms with Gasteiger partial charge >= 0.3 is 6.09 Å². The van der Waals surface area contributed by atoms with Crippen molar-refractivity contribution in [2.24, 2.45) is 17.2 Å². The van der Waals surface area contributed by atoms with E-state index in [9.17, 15) is 24.0 Å². The summed E-state index contributed by atoms with van der Waals surface area (Å²) in [7, 11) is 0. The van der Waals surface area contributed by atoms with Crippen molar-refractivity contribution < 1.29 is 37.4 Å². The molecule has 2 heterocycles. The molecule has 0 saturated heterocycles. The van der Waals surface area contributed by atoms with Gasteiger partial charge in [-0.15, -0.1) is 0 Å². The molecular weight excluding hydrogens is 490 g/mol. The second-order valence-corrected chi connectivity index (χ2v) is 7.62. The monoisotopic (exact) mass is 509 g/mol. The average molecular weight is 509 g/mol. The Hall–Kier alpha value is -5.33. The number of hydrogen-bond donors (Lipinski definition) is 3. The highest BCUT2D eigenvalue weighted by Crippen LogP contribution is 2.25. The number of fused-ring (bicyclic) bond motifs is 2. The molecule has 4 aromatic rings. The van der Waals surface area contributed by atoms with Gasteiger partial charge in [-0.05, 0) is 24.3 Å². The Bertz CT molecular complexity index is 1540. The van der Waals surface area contributed by atoms with Crippen molar-refractivity contribution in [2.75, 3.05) is 13.2 Å². The molecule has 0 radical (unpaired) electrons. The second kappa shape index (κ2) is 10.1. The molecule has 0 aliphatic carbocycles. The molecule has 0 atom stereocenters. The zero-order valence-electron chi connectivity index (χ0n) is 18.9. The molecule has 2 aromatic heterocycles. The average Bonchev–Trinajstić information content (AvgIpc) is 2.84. The van der Waals surface area contributed by atoms with Gasteiger partial charge in [0.25, 0.3) is 11.8 Å². The van der Waals surface area contributed by atoms with Gasteiger partial charge in [0, 0.05) is 12.1 Å². The van der Waals surface area contributed by atoms with Crippen molar-refractivity contribution in [2.45, 2.75) is 6.10 Å². The molecule has 4 rings (SSSR count). The van der Waals surface area contributed by atoms with Gasteiger partial charge in [0.15, 0.2) is 28.5 Å². The summed E-state index contributed by atoms with van der Waals surface area (Å²) in [4.78, 5) is 59.3. The van der Waals surface area contributed by atoms with Gasteiger partial charge in [-0.2, -0.15) is 0 Å². The van der Waals surface area contributed by atoms with E-state index in [4.69, 9.17) is 40.2 Å². The minimum atomic E-state index is -1.12. The maximum absolute atomic E-state index is 12.5. The number of hydrogen-bond acceptors (Lipinski definition) is 10. The summed E-state index contributed by atoms with van der Waals surface area (Å²) < 4.78 is 27.1. The van der Waals surface area contributed by atoms with Crippen molar-refractivity contribution in [3.63, 3.8) is 0 Å². The van der Waals surface area contributed by atoms with Crippen LogP contribution in [0.1, 0.15) is 21.1 Å². The lowest BCUT2D eigenvalue weighted by molar-refractivity contribution is 0.0412. The molecule has 3 amide bonds. The Labute approximate surface area is 206 Å². The zero-order valence-corrected chi connectivity index (χ0v) is 18.9. The smallest absolute Gasteiger partial charge is 0.405 e. The summed E-state index contributed by atoms with van der Waals surface area (Å²) in [6.45, 7) is -0.630. The third kappa shape index (κ3) is 5.35. The van der Waals surface area contributed by atoms with Crippen molar-refractivity contribution in [1.29, 1.82) is 0 Å². The molecular formula is C24H19N3O10. The van der Waals surface area contributed by atoms with E-state index in [-0.39, 0.29) is 58.2 Å². The summed E-state index contributed by atoms with van der Waals surface area (Å²) in [6.07, 6.45) is -2.21. The highest BCUT2D eigenvalue weighted by atomic mass is 16.6. The Morgan fingerprint density at radius 1 is 0.730 bits per heavy atom. The van der Waals surface area contributed by atoms with Crippen LogP contribution in [-0.4, -0.2) is 37.2 Å². The molecule has 0 aliphatic heterocycles. The lowest BCUT2D eigenvalue weighted by Crippen LogP contribution is -2.33. The predicted octanol–water partition coefficient (Wildman–Crippen LogP) is 1.02. The molecule has 0 saturated carbocycles. The lowest BCUT2D eigenvalue weighted by atomic mass is 10.2.